The van der Waals surface area contributed by atoms with Gasteiger partial charge in [-0.2, -0.15) is 0 Å². The minimum absolute atomic E-state index is 0.229. The third-order valence-corrected chi connectivity index (χ3v) is 4.69. The highest BCUT2D eigenvalue weighted by Crippen LogP contribution is 2.36. The molecule has 1 heterocycles. The molecule has 20 heavy (non-hydrogen) atoms. The van der Waals surface area contributed by atoms with Gasteiger partial charge in [0.25, 0.3) is 0 Å². The fourth-order valence-electron chi connectivity index (χ4n) is 3.49. The molecule has 0 aromatic carbocycles. The summed E-state index contributed by atoms with van der Waals surface area (Å²) in [6, 6.07) is 0.659. The molecule has 3 nitrogen and oxygen atoms in total. The number of allylic oxidation sites excluding steroid dienone is 1. The molecule has 1 aliphatic carbocycles. The van der Waals surface area contributed by atoms with Crippen molar-refractivity contribution >= 4 is 0 Å². The molecule has 1 aliphatic heterocycles. The lowest BCUT2D eigenvalue weighted by Crippen LogP contribution is -2.53. The van der Waals surface area contributed by atoms with Gasteiger partial charge >= 0.3 is 0 Å². The number of piperidine rings is 1. The van der Waals surface area contributed by atoms with Gasteiger partial charge in [0.15, 0.2) is 0 Å². The van der Waals surface area contributed by atoms with Crippen molar-refractivity contribution in [3.8, 4) is 0 Å². The Morgan fingerprint density at radius 1 is 1.35 bits per heavy atom. The van der Waals surface area contributed by atoms with Crippen LogP contribution in [0.2, 0.25) is 0 Å². The first-order chi connectivity index (χ1) is 9.70. The quantitative estimate of drug-likeness (QED) is 0.726. The molecule has 0 aromatic heterocycles. The summed E-state index contributed by atoms with van der Waals surface area (Å²) in [4.78, 5) is 2.19. The van der Waals surface area contributed by atoms with Crippen LogP contribution in [0.4, 0.5) is 0 Å². The van der Waals surface area contributed by atoms with Crippen LogP contribution < -0.4 is 5.32 Å². The van der Waals surface area contributed by atoms with Crippen LogP contribution in [0.25, 0.3) is 0 Å². The Kier molecular flexibility index (Phi) is 6.53. The lowest BCUT2D eigenvalue weighted by molar-refractivity contribution is -0.0528. The zero-order chi connectivity index (χ0) is 14.4. The molecule has 0 radical (unpaired) electrons. The molecule has 0 amide bonds. The number of nitrogens with one attached hydrogen (secondary N) is 1. The van der Waals surface area contributed by atoms with Gasteiger partial charge in [-0.05, 0) is 45.7 Å². The molecule has 0 bridgehead atoms. The number of nitrogens with zero attached hydrogens (tertiary/aromatic N) is 1. The summed E-state index contributed by atoms with van der Waals surface area (Å²) in [5, 5.41) is 3.77. The smallest absolute Gasteiger partial charge is 0.114 e. The lowest BCUT2D eigenvalue weighted by Gasteiger charge is -2.43. The summed E-state index contributed by atoms with van der Waals surface area (Å²) < 4.78 is 6.17. The van der Waals surface area contributed by atoms with Crippen molar-refractivity contribution in [2.75, 3.05) is 27.2 Å². The van der Waals surface area contributed by atoms with Gasteiger partial charge in [0.05, 0.1) is 6.61 Å². The third kappa shape index (κ3) is 4.57. The first-order valence-electron chi connectivity index (χ1n) is 8.39. The van der Waals surface area contributed by atoms with Crippen molar-refractivity contribution < 1.29 is 4.74 Å². The molecule has 1 fully saturated rings. The predicted octanol–water partition coefficient (Wildman–Crippen LogP) is 3.03. The molecule has 0 spiro atoms. The summed E-state index contributed by atoms with van der Waals surface area (Å²) in [5.74, 6) is 1.41. The van der Waals surface area contributed by atoms with Crippen LogP contribution in [0.1, 0.15) is 45.4 Å². The van der Waals surface area contributed by atoms with Crippen molar-refractivity contribution in [3.05, 3.63) is 12.2 Å². The zero-order valence-corrected chi connectivity index (χ0v) is 13.5. The maximum atomic E-state index is 6.17. The van der Waals surface area contributed by atoms with E-state index in [4.69, 9.17) is 4.74 Å². The molecule has 4 atom stereocenters. The Balaban J connectivity index is 1.90. The molecule has 116 valence electrons. The number of hydrogen-bond donors (Lipinski definition) is 1. The normalized spacial score (nSPS) is 33.4. The summed E-state index contributed by atoms with van der Waals surface area (Å²) in [5.41, 5.74) is 0. The van der Waals surface area contributed by atoms with Gasteiger partial charge in [-0.1, -0.05) is 31.9 Å². The van der Waals surface area contributed by atoms with Gasteiger partial charge in [0.2, 0.25) is 0 Å². The van der Waals surface area contributed by atoms with E-state index in [-0.39, 0.29) is 6.23 Å². The minimum atomic E-state index is 0.229. The molecular weight excluding hydrogens is 248 g/mol. The fraction of sp³-hybridized carbons (Fsp3) is 0.882. The second-order valence-corrected chi connectivity index (χ2v) is 6.68. The number of likely N-dealkylation sites (N-methyl/N-ethyl adjacent to an activating group) is 1. The van der Waals surface area contributed by atoms with Crippen LogP contribution in [-0.4, -0.2) is 44.4 Å². The molecule has 1 N–H and O–H groups in total. The SMILES string of the molecule is CCCC[C@@H]1CC2CCC=CC2[C@@H](OCCN(C)C)N1. The van der Waals surface area contributed by atoms with Crippen molar-refractivity contribution in [1.82, 2.24) is 10.2 Å². The highest BCUT2D eigenvalue weighted by atomic mass is 16.5. The van der Waals surface area contributed by atoms with Crippen molar-refractivity contribution in [3.63, 3.8) is 0 Å². The van der Waals surface area contributed by atoms with Crippen LogP contribution in [0.15, 0.2) is 12.2 Å². The summed E-state index contributed by atoms with van der Waals surface area (Å²) >= 11 is 0. The molecule has 0 saturated carbocycles. The van der Waals surface area contributed by atoms with E-state index in [1.165, 1.54) is 38.5 Å². The Labute approximate surface area is 124 Å². The van der Waals surface area contributed by atoms with Crippen LogP contribution in [0.5, 0.6) is 0 Å². The largest absolute Gasteiger partial charge is 0.361 e. The van der Waals surface area contributed by atoms with E-state index in [2.05, 4.69) is 43.4 Å². The summed E-state index contributed by atoms with van der Waals surface area (Å²) in [7, 11) is 4.20. The second-order valence-electron chi connectivity index (χ2n) is 6.68. The highest BCUT2D eigenvalue weighted by molar-refractivity contribution is 5.03. The predicted molar refractivity (Wildman–Crippen MR) is 84.7 cm³/mol. The van der Waals surface area contributed by atoms with E-state index in [0.29, 0.717) is 12.0 Å². The molecular formula is C17H32N2O. The Hall–Kier alpha value is -0.380. The number of rotatable bonds is 7. The summed E-state index contributed by atoms with van der Waals surface area (Å²) in [6.45, 7) is 4.10. The van der Waals surface area contributed by atoms with Crippen LogP contribution in [0, 0.1) is 11.8 Å². The van der Waals surface area contributed by atoms with Crippen molar-refractivity contribution in [1.29, 1.82) is 0 Å². The van der Waals surface area contributed by atoms with E-state index >= 15 is 0 Å². The van der Waals surface area contributed by atoms with Crippen LogP contribution in [-0.2, 0) is 4.74 Å². The first-order valence-corrected chi connectivity index (χ1v) is 8.39. The van der Waals surface area contributed by atoms with E-state index in [1.807, 2.05) is 0 Å². The van der Waals surface area contributed by atoms with Gasteiger partial charge in [-0.25, -0.2) is 0 Å². The molecule has 1 saturated heterocycles. The standard InChI is InChI=1S/C17H32N2O/c1-4-5-9-15-13-14-8-6-7-10-16(14)17(18-15)20-12-11-19(2)3/h7,10,14-18H,4-6,8-9,11-13H2,1-3H3/t14?,15-,16?,17-/m1/s1. The van der Waals surface area contributed by atoms with Crippen LogP contribution >= 0.6 is 0 Å². The summed E-state index contributed by atoms with van der Waals surface area (Å²) in [6.07, 6.45) is 12.8. The Morgan fingerprint density at radius 3 is 2.95 bits per heavy atom. The third-order valence-electron chi connectivity index (χ3n) is 4.69. The fourth-order valence-corrected chi connectivity index (χ4v) is 3.49. The van der Waals surface area contributed by atoms with Crippen molar-refractivity contribution in [2.24, 2.45) is 11.8 Å². The average molecular weight is 280 g/mol. The van der Waals surface area contributed by atoms with Gasteiger partial charge in [-0.15, -0.1) is 0 Å². The topological polar surface area (TPSA) is 24.5 Å². The Morgan fingerprint density at radius 2 is 2.20 bits per heavy atom. The van der Waals surface area contributed by atoms with Crippen molar-refractivity contribution in [2.45, 2.75) is 57.7 Å². The van der Waals surface area contributed by atoms with E-state index in [1.54, 1.807) is 0 Å². The van der Waals surface area contributed by atoms with E-state index < -0.39 is 0 Å². The molecule has 2 aliphatic rings. The zero-order valence-electron chi connectivity index (χ0n) is 13.5. The highest BCUT2D eigenvalue weighted by Gasteiger charge is 2.37. The molecule has 2 unspecified atom stereocenters. The maximum absolute atomic E-state index is 6.17. The van der Waals surface area contributed by atoms with Crippen LogP contribution in [0.3, 0.4) is 0 Å². The van der Waals surface area contributed by atoms with E-state index in [9.17, 15) is 0 Å². The van der Waals surface area contributed by atoms with Gasteiger partial charge in [0.1, 0.15) is 6.23 Å². The number of fused-ring (bicyclic) bond motifs is 1. The number of hydrogen-bond acceptors (Lipinski definition) is 3. The molecule has 2 rings (SSSR count). The molecule has 0 aromatic rings. The number of unbranched alkanes of at least 4 members (excludes halogenated alkanes) is 1. The Bertz CT molecular complexity index is 303. The van der Waals surface area contributed by atoms with Gasteiger partial charge < -0.3 is 9.64 Å². The monoisotopic (exact) mass is 280 g/mol. The van der Waals surface area contributed by atoms with E-state index in [0.717, 1.165) is 19.1 Å². The number of ether oxygens (including phenoxy) is 1. The maximum Gasteiger partial charge on any atom is 0.114 e. The minimum Gasteiger partial charge on any atom is -0.361 e. The first kappa shape index (κ1) is 16.0. The van der Waals surface area contributed by atoms with Gasteiger partial charge in [-0.3, -0.25) is 5.32 Å². The van der Waals surface area contributed by atoms with Gasteiger partial charge in [0, 0.05) is 18.5 Å². The lowest BCUT2D eigenvalue weighted by atomic mass is 9.75. The average Bonchev–Trinajstić information content (AvgIpc) is 2.44. The molecule has 3 heteroatoms. The second kappa shape index (κ2) is 8.16.